The number of rotatable bonds is 7. The summed E-state index contributed by atoms with van der Waals surface area (Å²) in [6.45, 7) is 2.78. The monoisotopic (exact) mass is 381 g/mol. The third kappa shape index (κ3) is 5.15. The largest absolute Gasteiger partial charge is 0.478 e. The first-order valence-electron chi connectivity index (χ1n) is 8.46. The molecule has 2 N–H and O–H groups in total. The third-order valence-corrected chi connectivity index (χ3v) is 4.54. The first-order valence-corrected chi connectivity index (χ1v) is 9.34. The Morgan fingerprint density at radius 3 is 2.78 bits per heavy atom. The van der Waals surface area contributed by atoms with Gasteiger partial charge < -0.3 is 15.4 Å². The van der Waals surface area contributed by atoms with Crippen molar-refractivity contribution in [3.05, 3.63) is 76.1 Å². The second-order valence-electron chi connectivity index (χ2n) is 5.63. The van der Waals surface area contributed by atoms with Crippen molar-refractivity contribution in [3.8, 4) is 5.88 Å². The van der Waals surface area contributed by atoms with E-state index in [9.17, 15) is 9.59 Å². The molecule has 0 saturated carbocycles. The molecule has 0 atom stereocenters. The number of hydrogen-bond donors (Lipinski definition) is 2. The normalized spacial score (nSPS) is 10.3. The lowest BCUT2D eigenvalue weighted by molar-refractivity contribution is 0.0949. The molecule has 0 aliphatic heterocycles. The Morgan fingerprint density at radius 1 is 1.11 bits per heavy atom. The minimum atomic E-state index is -0.225. The van der Waals surface area contributed by atoms with Gasteiger partial charge in [-0.2, -0.15) is 0 Å². The van der Waals surface area contributed by atoms with Crippen LogP contribution in [0.2, 0.25) is 0 Å². The van der Waals surface area contributed by atoms with Gasteiger partial charge in [0, 0.05) is 30.1 Å². The molecule has 0 bridgehead atoms. The van der Waals surface area contributed by atoms with Crippen LogP contribution in [0.25, 0.3) is 0 Å². The Hall–Kier alpha value is -3.19. The van der Waals surface area contributed by atoms with E-state index in [4.69, 9.17) is 4.74 Å². The topological polar surface area (TPSA) is 80.3 Å². The van der Waals surface area contributed by atoms with E-state index < -0.39 is 0 Å². The number of benzene rings is 1. The summed E-state index contributed by atoms with van der Waals surface area (Å²) in [5.74, 6) is 0.113. The number of carbonyl (C=O) groups excluding carboxylic acids is 2. The van der Waals surface area contributed by atoms with Crippen LogP contribution in [0.3, 0.4) is 0 Å². The molecule has 27 heavy (non-hydrogen) atoms. The molecule has 2 heterocycles. The highest BCUT2D eigenvalue weighted by Gasteiger charge is 2.10. The van der Waals surface area contributed by atoms with E-state index in [2.05, 4.69) is 15.6 Å². The van der Waals surface area contributed by atoms with Gasteiger partial charge in [-0.15, -0.1) is 11.3 Å². The number of amides is 2. The van der Waals surface area contributed by atoms with Gasteiger partial charge in [-0.1, -0.05) is 12.1 Å². The van der Waals surface area contributed by atoms with Gasteiger partial charge in [0.2, 0.25) is 5.88 Å². The van der Waals surface area contributed by atoms with E-state index in [-0.39, 0.29) is 11.8 Å². The number of anilines is 1. The van der Waals surface area contributed by atoms with Gasteiger partial charge in [-0.3, -0.25) is 9.59 Å². The highest BCUT2D eigenvalue weighted by Crippen LogP contribution is 2.15. The summed E-state index contributed by atoms with van der Waals surface area (Å²) in [5.41, 5.74) is 1.94. The zero-order valence-electron chi connectivity index (χ0n) is 14.8. The Labute approximate surface area is 161 Å². The molecule has 1 aromatic carbocycles. The maximum absolute atomic E-state index is 12.4. The summed E-state index contributed by atoms with van der Waals surface area (Å²) in [6, 6.07) is 14.0. The van der Waals surface area contributed by atoms with E-state index in [1.165, 1.54) is 11.3 Å². The molecular formula is C20H19N3O3S. The lowest BCUT2D eigenvalue weighted by Gasteiger charge is -2.09. The van der Waals surface area contributed by atoms with E-state index in [1.807, 2.05) is 24.4 Å². The van der Waals surface area contributed by atoms with Gasteiger partial charge in [0.15, 0.2) is 0 Å². The second kappa shape index (κ2) is 8.95. The van der Waals surface area contributed by atoms with Gasteiger partial charge >= 0.3 is 0 Å². The zero-order valence-corrected chi connectivity index (χ0v) is 15.6. The summed E-state index contributed by atoms with van der Waals surface area (Å²) in [5, 5.41) is 7.50. The fourth-order valence-corrected chi connectivity index (χ4v) is 3.03. The van der Waals surface area contributed by atoms with Crippen molar-refractivity contribution < 1.29 is 14.3 Å². The minimum absolute atomic E-state index is 0.192. The average molecular weight is 381 g/mol. The predicted octanol–water partition coefficient (Wildman–Crippen LogP) is 3.72. The van der Waals surface area contributed by atoms with E-state index in [0.717, 1.165) is 5.56 Å². The maximum Gasteiger partial charge on any atom is 0.265 e. The molecule has 0 saturated heterocycles. The van der Waals surface area contributed by atoms with Crippen molar-refractivity contribution in [2.75, 3.05) is 11.9 Å². The summed E-state index contributed by atoms with van der Waals surface area (Å²) in [6.07, 6.45) is 1.65. The summed E-state index contributed by atoms with van der Waals surface area (Å²) < 4.78 is 5.36. The van der Waals surface area contributed by atoms with Crippen LogP contribution < -0.4 is 15.4 Å². The van der Waals surface area contributed by atoms with Crippen LogP contribution in [-0.2, 0) is 6.54 Å². The van der Waals surface area contributed by atoms with E-state index in [1.54, 1.807) is 42.6 Å². The molecule has 0 radical (unpaired) electrons. The van der Waals surface area contributed by atoms with E-state index in [0.29, 0.717) is 35.2 Å². The van der Waals surface area contributed by atoms with Gasteiger partial charge in [-0.25, -0.2) is 4.98 Å². The standard InChI is InChI=1S/C20H19N3O3S/c1-2-26-18-11-14(8-9-21-18)13-22-19(24)15-5-3-6-16(12-15)23-20(25)17-7-4-10-27-17/h3-12H,2,13H2,1H3,(H,22,24)(H,23,25). The maximum atomic E-state index is 12.4. The molecule has 3 aromatic rings. The van der Waals surface area contributed by atoms with Crippen molar-refractivity contribution in [3.63, 3.8) is 0 Å². The molecule has 2 amide bonds. The van der Waals surface area contributed by atoms with Gasteiger partial charge in [0.1, 0.15) is 0 Å². The number of nitrogens with one attached hydrogen (secondary N) is 2. The summed E-state index contributed by atoms with van der Waals surface area (Å²) in [4.78, 5) is 29.3. The first-order chi connectivity index (χ1) is 13.2. The molecule has 0 fully saturated rings. The van der Waals surface area contributed by atoms with Crippen LogP contribution in [-0.4, -0.2) is 23.4 Å². The van der Waals surface area contributed by atoms with Crippen LogP contribution in [0.4, 0.5) is 5.69 Å². The van der Waals surface area contributed by atoms with Gasteiger partial charge in [0.05, 0.1) is 11.5 Å². The van der Waals surface area contributed by atoms with Crippen molar-refractivity contribution >= 4 is 28.8 Å². The Bertz CT molecular complexity index is 926. The fraction of sp³-hybridized carbons (Fsp3) is 0.150. The molecule has 0 aliphatic carbocycles. The highest BCUT2D eigenvalue weighted by molar-refractivity contribution is 7.12. The van der Waals surface area contributed by atoms with Crippen molar-refractivity contribution in [2.45, 2.75) is 13.5 Å². The Kier molecular flexibility index (Phi) is 6.17. The number of aromatic nitrogens is 1. The fourth-order valence-electron chi connectivity index (χ4n) is 2.41. The summed E-state index contributed by atoms with van der Waals surface area (Å²) >= 11 is 1.36. The molecule has 138 valence electrons. The lowest BCUT2D eigenvalue weighted by atomic mass is 10.1. The van der Waals surface area contributed by atoms with Crippen molar-refractivity contribution in [2.24, 2.45) is 0 Å². The van der Waals surface area contributed by atoms with Gasteiger partial charge in [-0.05, 0) is 48.2 Å². The number of pyridine rings is 1. The van der Waals surface area contributed by atoms with Crippen LogP contribution in [0, 0.1) is 0 Å². The number of thiophene rings is 1. The number of carbonyl (C=O) groups is 2. The molecule has 2 aromatic heterocycles. The third-order valence-electron chi connectivity index (χ3n) is 3.67. The Balaban J connectivity index is 1.61. The van der Waals surface area contributed by atoms with Crippen molar-refractivity contribution in [1.82, 2.24) is 10.3 Å². The molecule has 3 rings (SSSR count). The molecular weight excluding hydrogens is 362 g/mol. The number of ether oxygens (including phenoxy) is 1. The highest BCUT2D eigenvalue weighted by atomic mass is 32.1. The lowest BCUT2D eigenvalue weighted by Crippen LogP contribution is -2.23. The van der Waals surface area contributed by atoms with E-state index >= 15 is 0 Å². The number of nitrogens with zero attached hydrogens (tertiary/aromatic N) is 1. The molecule has 0 spiro atoms. The smallest absolute Gasteiger partial charge is 0.265 e. The van der Waals surface area contributed by atoms with Crippen LogP contribution in [0.15, 0.2) is 60.1 Å². The molecule has 0 aliphatic rings. The number of hydrogen-bond acceptors (Lipinski definition) is 5. The quantitative estimate of drug-likeness (QED) is 0.654. The van der Waals surface area contributed by atoms with Crippen molar-refractivity contribution in [1.29, 1.82) is 0 Å². The zero-order chi connectivity index (χ0) is 19.1. The van der Waals surface area contributed by atoms with Gasteiger partial charge in [0.25, 0.3) is 11.8 Å². The van der Waals surface area contributed by atoms with Crippen LogP contribution >= 0.6 is 11.3 Å². The minimum Gasteiger partial charge on any atom is -0.478 e. The average Bonchev–Trinajstić information content (AvgIpc) is 3.22. The first kappa shape index (κ1) is 18.6. The molecule has 7 heteroatoms. The predicted molar refractivity (Wildman–Crippen MR) is 105 cm³/mol. The Morgan fingerprint density at radius 2 is 2.00 bits per heavy atom. The SMILES string of the molecule is CCOc1cc(CNC(=O)c2cccc(NC(=O)c3cccs3)c2)ccn1. The molecule has 0 unspecified atom stereocenters. The molecule has 6 nitrogen and oxygen atoms in total. The second-order valence-corrected chi connectivity index (χ2v) is 6.58. The summed E-state index contributed by atoms with van der Waals surface area (Å²) in [7, 11) is 0. The van der Waals surface area contributed by atoms with Crippen LogP contribution in [0.1, 0.15) is 32.5 Å². The van der Waals surface area contributed by atoms with Crippen LogP contribution in [0.5, 0.6) is 5.88 Å².